The quantitative estimate of drug-likeness (QED) is 0.455. The molecule has 0 N–H and O–H groups in total. The SMILES string of the molecule is CCCCCC(CCC)Cc1cc(C(=O)OC)ccc1C(=O)OC. The molecule has 0 aliphatic carbocycles. The maximum absolute atomic E-state index is 12.0. The number of carbonyl (C=O) groups is 2. The maximum Gasteiger partial charge on any atom is 0.338 e. The Balaban J connectivity index is 3.05. The first-order valence-electron chi connectivity index (χ1n) is 8.86. The lowest BCUT2D eigenvalue weighted by atomic mass is 9.87. The van der Waals surface area contributed by atoms with Gasteiger partial charge in [-0.1, -0.05) is 52.4 Å². The fourth-order valence-corrected chi connectivity index (χ4v) is 3.07. The van der Waals surface area contributed by atoms with Gasteiger partial charge in [0.1, 0.15) is 0 Å². The Kier molecular flexibility index (Phi) is 9.13. The summed E-state index contributed by atoms with van der Waals surface area (Å²) >= 11 is 0. The zero-order chi connectivity index (χ0) is 17.9. The van der Waals surface area contributed by atoms with E-state index in [2.05, 4.69) is 13.8 Å². The number of hydrogen-bond acceptors (Lipinski definition) is 4. The molecule has 4 nitrogen and oxygen atoms in total. The van der Waals surface area contributed by atoms with E-state index in [9.17, 15) is 9.59 Å². The summed E-state index contributed by atoms with van der Waals surface area (Å²) in [6, 6.07) is 5.07. The second-order valence-corrected chi connectivity index (χ2v) is 6.21. The van der Waals surface area contributed by atoms with Gasteiger partial charge in [-0.3, -0.25) is 0 Å². The summed E-state index contributed by atoms with van der Waals surface area (Å²) < 4.78 is 9.68. The van der Waals surface area contributed by atoms with Gasteiger partial charge in [-0.25, -0.2) is 9.59 Å². The zero-order valence-electron chi connectivity index (χ0n) is 15.4. The van der Waals surface area contributed by atoms with E-state index in [0.717, 1.165) is 31.2 Å². The summed E-state index contributed by atoms with van der Waals surface area (Å²) in [4.78, 5) is 23.8. The minimum atomic E-state index is -0.384. The van der Waals surface area contributed by atoms with E-state index in [-0.39, 0.29) is 11.9 Å². The number of unbranched alkanes of at least 4 members (excludes halogenated alkanes) is 2. The Morgan fingerprint density at radius 1 is 0.958 bits per heavy atom. The second-order valence-electron chi connectivity index (χ2n) is 6.21. The van der Waals surface area contributed by atoms with Crippen LogP contribution in [0.15, 0.2) is 18.2 Å². The van der Waals surface area contributed by atoms with Crippen LogP contribution in [0.5, 0.6) is 0 Å². The lowest BCUT2D eigenvalue weighted by Crippen LogP contribution is -2.13. The molecule has 0 bridgehead atoms. The van der Waals surface area contributed by atoms with Gasteiger partial charge in [0.05, 0.1) is 25.3 Å². The van der Waals surface area contributed by atoms with Gasteiger partial charge in [0.15, 0.2) is 0 Å². The first-order valence-corrected chi connectivity index (χ1v) is 8.86. The van der Waals surface area contributed by atoms with Crippen LogP contribution in [0, 0.1) is 5.92 Å². The first-order chi connectivity index (χ1) is 11.6. The van der Waals surface area contributed by atoms with Crippen molar-refractivity contribution in [2.24, 2.45) is 5.92 Å². The third kappa shape index (κ3) is 5.99. The number of benzene rings is 1. The molecule has 0 fully saturated rings. The first kappa shape index (κ1) is 20.2. The van der Waals surface area contributed by atoms with E-state index in [0.29, 0.717) is 17.0 Å². The van der Waals surface area contributed by atoms with Crippen molar-refractivity contribution in [3.05, 3.63) is 34.9 Å². The van der Waals surface area contributed by atoms with Gasteiger partial charge in [0.25, 0.3) is 0 Å². The van der Waals surface area contributed by atoms with Crippen molar-refractivity contribution in [2.45, 2.75) is 58.8 Å². The van der Waals surface area contributed by atoms with Crippen molar-refractivity contribution < 1.29 is 19.1 Å². The average molecular weight is 334 g/mol. The van der Waals surface area contributed by atoms with Gasteiger partial charge < -0.3 is 9.47 Å². The number of carbonyl (C=O) groups excluding carboxylic acids is 2. The Morgan fingerprint density at radius 2 is 1.67 bits per heavy atom. The second kappa shape index (κ2) is 10.8. The van der Waals surface area contributed by atoms with Crippen LogP contribution in [0.25, 0.3) is 0 Å². The lowest BCUT2D eigenvalue weighted by Gasteiger charge is -2.18. The van der Waals surface area contributed by atoms with Crippen LogP contribution in [0.4, 0.5) is 0 Å². The van der Waals surface area contributed by atoms with E-state index in [1.807, 2.05) is 0 Å². The molecule has 0 spiro atoms. The fourth-order valence-electron chi connectivity index (χ4n) is 3.07. The Labute approximate surface area is 145 Å². The molecular weight excluding hydrogens is 304 g/mol. The highest BCUT2D eigenvalue weighted by Gasteiger charge is 2.18. The molecule has 0 saturated heterocycles. The van der Waals surface area contributed by atoms with E-state index in [1.165, 1.54) is 33.5 Å². The summed E-state index contributed by atoms with van der Waals surface area (Å²) in [5.74, 6) is -0.228. The molecule has 1 atom stereocenters. The monoisotopic (exact) mass is 334 g/mol. The topological polar surface area (TPSA) is 52.6 Å². The Morgan fingerprint density at radius 3 is 2.25 bits per heavy atom. The highest BCUT2D eigenvalue weighted by atomic mass is 16.5. The normalized spacial score (nSPS) is 11.8. The van der Waals surface area contributed by atoms with Gasteiger partial charge in [0, 0.05) is 0 Å². The summed E-state index contributed by atoms with van der Waals surface area (Å²) in [6.45, 7) is 4.38. The van der Waals surface area contributed by atoms with Gasteiger partial charge in [0.2, 0.25) is 0 Å². The summed E-state index contributed by atoms with van der Waals surface area (Å²) in [5, 5.41) is 0. The van der Waals surface area contributed by atoms with E-state index in [1.54, 1.807) is 18.2 Å². The van der Waals surface area contributed by atoms with Crippen LogP contribution in [0.2, 0.25) is 0 Å². The molecule has 0 heterocycles. The van der Waals surface area contributed by atoms with Crippen LogP contribution < -0.4 is 0 Å². The third-order valence-corrected chi connectivity index (χ3v) is 4.35. The minimum absolute atomic E-state index is 0.356. The molecule has 1 unspecified atom stereocenters. The Hall–Kier alpha value is -1.84. The lowest BCUT2D eigenvalue weighted by molar-refractivity contribution is 0.0585. The average Bonchev–Trinajstić information content (AvgIpc) is 2.60. The number of ether oxygens (including phenoxy) is 2. The summed E-state index contributed by atoms with van der Waals surface area (Å²) in [7, 11) is 2.74. The molecule has 0 aromatic heterocycles. The highest BCUT2D eigenvalue weighted by molar-refractivity contribution is 5.94. The van der Waals surface area contributed by atoms with E-state index < -0.39 is 0 Å². The van der Waals surface area contributed by atoms with Crippen molar-refractivity contribution in [3.63, 3.8) is 0 Å². The van der Waals surface area contributed by atoms with Gasteiger partial charge >= 0.3 is 11.9 Å². The van der Waals surface area contributed by atoms with Gasteiger partial charge in [-0.05, 0) is 36.1 Å². The van der Waals surface area contributed by atoms with Crippen molar-refractivity contribution in [1.29, 1.82) is 0 Å². The molecule has 24 heavy (non-hydrogen) atoms. The van der Waals surface area contributed by atoms with Gasteiger partial charge in [-0.2, -0.15) is 0 Å². The number of hydrogen-bond donors (Lipinski definition) is 0. The van der Waals surface area contributed by atoms with Crippen molar-refractivity contribution >= 4 is 11.9 Å². The number of esters is 2. The molecule has 0 saturated carbocycles. The molecule has 1 aromatic carbocycles. The van der Waals surface area contributed by atoms with Gasteiger partial charge in [-0.15, -0.1) is 0 Å². The largest absolute Gasteiger partial charge is 0.465 e. The molecule has 0 aliphatic rings. The van der Waals surface area contributed by atoms with Crippen LogP contribution >= 0.6 is 0 Å². The number of rotatable bonds is 10. The van der Waals surface area contributed by atoms with E-state index in [4.69, 9.17) is 9.47 Å². The van der Waals surface area contributed by atoms with Crippen molar-refractivity contribution in [2.75, 3.05) is 14.2 Å². The van der Waals surface area contributed by atoms with Crippen LogP contribution in [-0.2, 0) is 15.9 Å². The smallest absolute Gasteiger partial charge is 0.338 e. The summed E-state index contributed by atoms with van der Waals surface area (Å²) in [6.07, 6.45) is 7.78. The predicted octanol–water partition coefficient (Wildman–Crippen LogP) is 4.80. The van der Waals surface area contributed by atoms with Crippen molar-refractivity contribution in [3.8, 4) is 0 Å². The van der Waals surface area contributed by atoms with E-state index >= 15 is 0 Å². The molecular formula is C20H30O4. The zero-order valence-corrected chi connectivity index (χ0v) is 15.4. The van der Waals surface area contributed by atoms with Crippen LogP contribution in [0.3, 0.4) is 0 Å². The number of methoxy groups -OCH3 is 2. The standard InChI is InChI=1S/C20H30O4/c1-5-7-8-10-15(9-6-2)13-17-14-16(19(21)23-3)11-12-18(17)20(22)24-4/h11-12,14-15H,5-10,13H2,1-4H3. The molecule has 4 heteroatoms. The molecule has 0 aliphatic heterocycles. The summed E-state index contributed by atoms with van der Waals surface area (Å²) in [5.41, 5.74) is 1.89. The molecule has 1 rings (SSSR count). The minimum Gasteiger partial charge on any atom is -0.465 e. The molecule has 0 amide bonds. The molecule has 1 aromatic rings. The predicted molar refractivity (Wildman–Crippen MR) is 95.4 cm³/mol. The van der Waals surface area contributed by atoms with Crippen molar-refractivity contribution in [1.82, 2.24) is 0 Å². The highest BCUT2D eigenvalue weighted by Crippen LogP contribution is 2.24. The Bertz CT molecular complexity index is 536. The molecule has 134 valence electrons. The van der Waals surface area contributed by atoms with Crippen LogP contribution in [-0.4, -0.2) is 26.2 Å². The third-order valence-electron chi connectivity index (χ3n) is 4.35. The maximum atomic E-state index is 12.0. The van der Waals surface area contributed by atoms with Crippen LogP contribution in [0.1, 0.15) is 78.7 Å². The fraction of sp³-hybridized carbons (Fsp3) is 0.600. The molecule has 0 radical (unpaired) electrons.